The minimum atomic E-state index is -3.03. The Bertz CT molecular complexity index is 1640. The molecule has 3 fully saturated rings. The van der Waals surface area contributed by atoms with E-state index in [-0.39, 0.29) is 29.0 Å². The summed E-state index contributed by atoms with van der Waals surface area (Å²) in [6.45, 7) is 0.797. The summed E-state index contributed by atoms with van der Waals surface area (Å²) in [5.74, 6) is -5.01. The lowest BCUT2D eigenvalue weighted by Gasteiger charge is -2.31. The number of carbonyl (C=O) groups excluding carboxylic acids is 1. The molecule has 3 aromatic rings. The molecule has 2 heterocycles. The Morgan fingerprint density at radius 3 is 2.26 bits per heavy atom. The molecule has 2 atom stereocenters. The lowest BCUT2D eigenvalue weighted by atomic mass is 9.75. The van der Waals surface area contributed by atoms with E-state index in [2.05, 4.69) is 11.4 Å². The molecular formula is C30H30F3N5O3S. The van der Waals surface area contributed by atoms with Gasteiger partial charge in [-0.15, -0.1) is 0 Å². The quantitative estimate of drug-likeness (QED) is 0.415. The first-order valence-corrected chi connectivity index (χ1v) is 15.9. The van der Waals surface area contributed by atoms with Gasteiger partial charge in [0.15, 0.2) is 27.3 Å². The molecule has 6 rings (SSSR count). The zero-order valence-corrected chi connectivity index (χ0v) is 23.6. The number of aromatic nitrogens is 2. The summed E-state index contributed by atoms with van der Waals surface area (Å²) in [5.41, 5.74) is 2.06. The molecule has 0 radical (unpaired) electrons. The van der Waals surface area contributed by atoms with Crippen LogP contribution in [0, 0.1) is 34.7 Å². The van der Waals surface area contributed by atoms with Crippen LogP contribution in [-0.4, -0.2) is 54.2 Å². The molecule has 1 aromatic heterocycles. The number of sulfone groups is 1. The van der Waals surface area contributed by atoms with Crippen LogP contribution in [0.4, 0.5) is 18.9 Å². The monoisotopic (exact) mass is 597 g/mol. The van der Waals surface area contributed by atoms with Gasteiger partial charge in [0.2, 0.25) is 5.91 Å². The molecule has 2 saturated carbocycles. The van der Waals surface area contributed by atoms with E-state index in [0.29, 0.717) is 50.0 Å². The first-order valence-electron chi connectivity index (χ1n) is 14.1. The van der Waals surface area contributed by atoms with E-state index in [0.717, 1.165) is 36.2 Å². The minimum Gasteiger partial charge on any atom is -0.369 e. The molecule has 2 unspecified atom stereocenters. The van der Waals surface area contributed by atoms with E-state index in [1.807, 2.05) is 29.2 Å². The van der Waals surface area contributed by atoms with Gasteiger partial charge in [-0.1, -0.05) is 25.0 Å². The number of nitriles is 1. The Balaban J connectivity index is 1.38. The molecule has 42 heavy (non-hydrogen) atoms. The van der Waals surface area contributed by atoms with Gasteiger partial charge < -0.3 is 10.2 Å². The molecule has 3 aliphatic rings. The number of halogens is 3. The second-order valence-corrected chi connectivity index (χ2v) is 13.8. The Labute approximate surface area is 242 Å². The largest absolute Gasteiger partial charge is 0.369 e. The van der Waals surface area contributed by atoms with E-state index in [1.165, 1.54) is 4.68 Å². The number of benzene rings is 2. The second kappa shape index (κ2) is 10.8. The number of carbonyl (C=O) groups is 1. The van der Waals surface area contributed by atoms with Crippen molar-refractivity contribution in [1.82, 2.24) is 15.1 Å². The van der Waals surface area contributed by atoms with Crippen molar-refractivity contribution in [3.05, 3.63) is 65.7 Å². The van der Waals surface area contributed by atoms with Crippen molar-refractivity contribution >= 4 is 21.4 Å². The number of hydrogen-bond donors (Lipinski definition) is 1. The molecule has 12 heteroatoms. The maximum atomic E-state index is 14.2. The van der Waals surface area contributed by atoms with E-state index in [9.17, 15) is 31.6 Å². The van der Waals surface area contributed by atoms with Gasteiger partial charge in [0.05, 0.1) is 29.0 Å². The van der Waals surface area contributed by atoms with Crippen LogP contribution >= 0.6 is 0 Å². The van der Waals surface area contributed by atoms with Gasteiger partial charge in [0.1, 0.15) is 5.54 Å². The Hall–Kier alpha value is -3.85. The van der Waals surface area contributed by atoms with Gasteiger partial charge in [-0.05, 0) is 43.4 Å². The van der Waals surface area contributed by atoms with Crippen LogP contribution in [0.1, 0.15) is 50.1 Å². The van der Waals surface area contributed by atoms with Crippen LogP contribution in [0.2, 0.25) is 0 Å². The molecule has 0 bridgehead atoms. The average molecular weight is 598 g/mol. The fourth-order valence-corrected chi connectivity index (χ4v) is 7.20. The summed E-state index contributed by atoms with van der Waals surface area (Å²) in [7, 11) is -3.03. The first kappa shape index (κ1) is 28.3. The van der Waals surface area contributed by atoms with Gasteiger partial charge in [-0.3, -0.25) is 4.79 Å². The number of nitrogens with zero attached hydrogens (tertiary/aromatic N) is 4. The van der Waals surface area contributed by atoms with Crippen molar-refractivity contribution < 1.29 is 26.4 Å². The predicted molar refractivity (Wildman–Crippen MR) is 150 cm³/mol. The topological polar surface area (TPSA) is 108 Å². The van der Waals surface area contributed by atoms with Crippen LogP contribution in [0.5, 0.6) is 0 Å². The molecule has 1 saturated heterocycles. The van der Waals surface area contributed by atoms with Crippen LogP contribution in [0.25, 0.3) is 16.8 Å². The van der Waals surface area contributed by atoms with Crippen molar-refractivity contribution in [2.24, 2.45) is 5.92 Å². The van der Waals surface area contributed by atoms with Gasteiger partial charge in [0.25, 0.3) is 0 Å². The number of rotatable bonds is 6. The maximum absolute atomic E-state index is 14.2. The lowest BCUT2D eigenvalue weighted by Crippen LogP contribution is -2.42. The molecule has 0 spiro atoms. The van der Waals surface area contributed by atoms with Crippen LogP contribution in [-0.2, 0) is 14.6 Å². The number of amides is 1. The molecule has 8 nitrogen and oxygen atoms in total. The Kier molecular flexibility index (Phi) is 7.25. The van der Waals surface area contributed by atoms with Crippen molar-refractivity contribution in [3.8, 4) is 22.9 Å². The zero-order valence-electron chi connectivity index (χ0n) is 22.8. The van der Waals surface area contributed by atoms with E-state index < -0.39 is 38.7 Å². The molecule has 1 amide bonds. The summed E-state index contributed by atoms with van der Waals surface area (Å²) in [5, 5.41) is 17.2. The highest BCUT2D eigenvalue weighted by molar-refractivity contribution is 7.91. The third kappa shape index (κ3) is 5.50. The highest BCUT2D eigenvalue weighted by Crippen LogP contribution is 2.43. The SMILES string of the molecule is N#CC1(NC(=O)C2CCCCC2c2nn(-c3cc(F)c(F)c(F)c3)cc2-c2ccc(N3CCS(=O)(=O)CC3)cc2)CC1. The fourth-order valence-electron chi connectivity index (χ4n) is 6.00. The molecule has 1 aliphatic heterocycles. The van der Waals surface area contributed by atoms with Crippen LogP contribution < -0.4 is 10.2 Å². The normalized spacial score (nSPS) is 22.8. The number of hydrogen-bond acceptors (Lipinski definition) is 6. The summed E-state index contributed by atoms with van der Waals surface area (Å²) in [6.07, 6.45) is 5.84. The summed E-state index contributed by atoms with van der Waals surface area (Å²) < 4.78 is 67.1. The number of anilines is 1. The van der Waals surface area contributed by atoms with Gasteiger partial charge >= 0.3 is 0 Å². The summed E-state index contributed by atoms with van der Waals surface area (Å²) in [6, 6.07) is 11.5. The van der Waals surface area contributed by atoms with E-state index in [4.69, 9.17) is 5.10 Å². The van der Waals surface area contributed by atoms with Crippen LogP contribution in [0.15, 0.2) is 42.6 Å². The Morgan fingerprint density at radius 1 is 1.00 bits per heavy atom. The molecule has 2 aliphatic carbocycles. The predicted octanol–water partition coefficient (Wildman–Crippen LogP) is 4.64. The fraction of sp³-hybridized carbons (Fsp3) is 0.433. The smallest absolute Gasteiger partial charge is 0.225 e. The van der Waals surface area contributed by atoms with Gasteiger partial charge in [-0.25, -0.2) is 26.3 Å². The zero-order chi connectivity index (χ0) is 29.6. The highest BCUT2D eigenvalue weighted by atomic mass is 32.2. The summed E-state index contributed by atoms with van der Waals surface area (Å²) >= 11 is 0. The lowest BCUT2D eigenvalue weighted by molar-refractivity contribution is -0.127. The Morgan fingerprint density at radius 2 is 1.64 bits per heavy atom. The van der Waals surface area contributed by atoms with Crippen molar-refractivity contribution in [2.75, 3.05) is 29.5 Å². The molecule has 220 valence electrons. The second-order valence-electron chi connectivity index (χ2n) is 11.5. The molecular weight excluding hydrogens is 567 g/mol. The van der Waals surface area contributed by atoms with Crippen molar-refractivity contribution in [2.45, 2.75) is 50.0 Å². The minimum absolute atomic E-state index is 0.00303. The third-order valence-corrected chi connectivity index (χ3v) is 10.3. The molecule has 1 N–H and O–H groups in total. The average Bonchev–Trinajstić information content (AvgIpc) is 3.62. The standard InChI is InChI=1S/C30H30F3N5O3S/c31-25-15-21(16-26(32)27(25)33)38-17-24(19-5-7-20(8-6-19)37-11-13-42(40,41)14-12-37)28(36-38)22-3-1-2-4-23(22)29(39)35-30(18-34)9-10-30/h5-8,15-17,22-23H,1-4,9-14H2,(H,35,39). The van der Waals surface area contributed by atoms with E-state index in [1.54, 1.807) is 6.20 Å². The van der Waals surface area contributed by atoms with Gasteiger partial charge in [-0.2, -0.15) is 10.4 Å². The highest BCUT2D eigenvalue weighted by Gasteiger charge is 2.47. The third-order valence-electron chi connectivity index (χ3n) is 8.64. The number of nitrogens with one attached hydrogen (secondary N) is 1. The summed E-state index contributed by atoms with van der Waals surface area (Å²) in [4.78, 5) is 15.4. The van der Waals surface area contributed by atoms with Crippen molar-refractivity contribution in [1.29, 1.82) is 5.26 Å². The molecule has 2 aromatic carbocycles. The maximum Gasteiger partial charge on any atom is 0.225 e. The van der Waals surface area contributed by atoms with E-state index >= 15 is 0 Å². The van der Waals surface area contributed by atoms with Crippen LogP contribution in [0.3, 0.4) is 0 Å². The van der Waals surface area contributed by atoms with Gasteiger partial charge in [0, 0.05) is 54.5 Å². The first-order chi connectivity index (χ1) is 20.1. The van der Waals surface area contributed by atoms with Crippen molar-refractivity contribution in [3.63, 3.8) is 0 Å².